The standard InChI is InChI=1S/C23H17FN4O3/c24-18-8-6-15(7-9-18)12-28-13-17(22(31)16-4-2-1-3-5-16)10-19(28)20(29)11-21(30)23-25-14-26-27-23/h1-11,13-14,30H,12H2,(H,25,26,27). The Morgan fingerprint density at radius 3 is 2.48 bits per heavy atom. The maximum absolute atomic E-state index is 13.3. The van der Waals surface area contributed by atoms with Crippen LogP contribution in [0.25, 0.3) is 5.76 Å². The van der Waals surface area contributed by atoms with Crippen LogP contribution in [0.3, 0.4) is 0 Å². The zero-order valence-electron chi connectivity index (χ0n) is 16.2. The number of carbonyl (C=O) groups excluding carboxylic acids is 2. The molecule has 0 aliphatic rings. The smallest absolute Gasteiger partial charge is 0.206 e. The number of halogens is 1. The fraction of sp³-hybridized carbons (Fsp3) is 0.0435. The van der Waals surface area contributed by atoms with Crippen molar-refractivity contribution in [1.82, 2.24) is 19.7 Å². The summed E-state index contributed by atoms with van der Waals surface area (Å²) in [6.45, 7) is 0.236. The van der Waals surface area contributed by atoms with Gasteiger partial charge in [0.1, 0.15) is 12.1 Å². The molecule has 0 atom stereocenters. The number of aliphatic hydroxyl groups is 1. The summed E-state index contributed by atoms with van der Waals surface area (Å²) in [5, 5.41) is 16.2. The number of allylic oxidation sites excluding steroid dienone is 1. The predicted octanol–water partition coefficient (Wildman–Crippen LogP) is 3.81. The first-order chi connectivity index (χ1) is 15.0. The number of rotatable bonds is 7. The lowest BCUT2D eigenvalue weighted by atomic mass is 10.1. The van der Waals surface area contributed by atoms with Crippen molar-refractivity contribution < 1.29 is 19.1 Å². The second kappa shape index (κ2) is 8.58. The van der Waals surface area contributed by atoms with Gasteiger partial charge in [-0.2, -0.15) is 5.10 Å². The molecule has 0 unspecified atom stereocenters. The van der Waals surface area contributed by atoms with E-state index in [2.05, 4.69) is 15.2 Å². The maximum Gasteiger partial charge on any atom is 0.206 e. The molecule has 0 bridgehead atoms. The van der Waals surface area contributed by atoms with Gasteiger partial charge in [0.25, 0.3) is 0 Å². The normalized spacial score (nSPS) is 11.5. The number of carbonyl (C=O) groups is 2. The molecule has 0 radical (unpaired) electrons. The summed E-state index contributed by atoms with van der Waals surface area (Å²) in [5.74, 6) is -1.47. The number of hydrogen-bond donors (Lipinski definition) is 2. The van der Waals surface area contributed by atoms with Crippen molar-refractivity contribution in [2.24, 2.45) is 0 Å². The van der Waals surface area contributed by atoms with E-state index in [1.54, 1.807) is 47.2 Å². The Kier molecular flexibility index (Phi) is 5.53. The summed E-state index contributed by atoms with van der Waals surface area (Å²) < 4.78 is 14.8. The number of nitrogens with one attached hydrogen (secondary N) is 1. The van der Waals surface area contributed by atoms with E-state index >= 15 is 0 Å². The number of ketones is 2. The Hall–Kier alpha value is -4.33. The van der Waals surface area contributed by atoms with Crippen molar-refractivity contribution in [1.29, 1.82) is 0 Å². The molecule has 0 saturated carbocycles. The minimum absolute atomic E-state index is 0.0468. The fourth-order valence-corrected chi connectivity index (χ4v) is 3.11. The largest absolute Gasteiger partial charge is 0.504 e. The molecule has 0 spiro atoms. The van der Waals surface area contributed by atoms with E-state index in [9.17, 15) is 19.1 Å². The van der Waals surface area contributed by atoms with Crippen LogP contribution in [0.15, 0.2) is 79.3 Å². The van der Waals surface area contributed by atoms with Crippen molar-refractivity contribution in [3.8, 4) is 0 Å². The summed E-state index contributed by atoms with van der Waals surface area (Å²) in [4.78, 5) is 29.6. The molecule has 0 amide bonds. The Balaban J connectivity index is 1.71. The predicted molar refractivity (Wildman–Crippen MR) is 111 cm³/mol. The number of aromatic amines is 1. The van der Waals surface area contributed by atoms with Gasteiger partial charge < -0.3 is 9.67 Å². The third-order valence-electron chi connectivity index (χ3n) is 4.64. The molecule has 2 heterocycles. The molecule has 0 aliphatic carbocycles. The SMILES string of the molecule is O=C(c1ccccc1)c1cc(C(=O)C=C(O)c2ncn[nH]2)n(Cc2ccc(F)cc2)c1. The van der Waals surface area contributed by atoms with E-state index in [4.69, 9.17) is 0 Å². The number of aromatic nitrogens is 4. The van der Waals surface area contributed by atoms with Gasteiger partial charge in [-0.25, -0.2) is 9.37 Å². The van der Waals surface area contributed by atoms with Crippen molar-refractivity contribution in [3.63, 3.8) is 0 Å². The van der Waals surface area contributed by atoms with Gasteiger partial charge in [-0.1, -0.05) is 42.5 Å². The Morgan fingerprint density at radius 1 is 1.06 bits per heavy atom. The highest BCUT2D eigenvalue weighted by molar-refractivity contribution is 6.12. The summed E-state index contributed by atoms with van der Waals surface area (Å²) in [7, 11) is 0. The van der Waals surface area contributed by atoms with Crippen molar-refractivity contribution in [3.05, 3.63) is 113 Å². The molecule has 8 heteroatoms. The van der Waals surface area contributed by atoms with Gasteiger partial charge in [0.15, 0.2) is 17.4 Å². The van der Waals surface area contributed by atoms with Gasteiger partial charge in [-0.15, -0.1) is 0 Å². The Morgan fingerprint density at radius 2 is 1.81 bits per heavy atom. The number of aliphatic hydroxyl groups excluding tert-OH is 1. The Labute approximate surface area is 176 Å². The molecule has 4 aromatic rings. The molecule has 0 saturated heterocycles. The summed E-state index contributed by atoms with van der Waals surface area (Å²) in [6.07, 6.45) is 3.79. The first-order valence-electron chi connectivity index (χ1n) is 9.36. The van der Waals surface area contributed by atoms with Crippen LogP contribution >= 0.6 is 0 Å². The topological polar surface area (TPSA) is 101 Å². The Bertz CT molecular complexity index is 1240. The van der Waals surface area contributed by atoms with Crippen LogP contribution < -0.4 is 0 Å². The molecule has 2 N–H and O–H groups in total. The third kappa shape index (κ3) is 4.48. The van der Waals surface area contributed by atoms with E-state index in [-0.39, 0.29) is 35.4 Å². The molecule has 0 aliphatic heterocycles. The minimum atomic E-state index is -0.525. The van der Waals surface area contributed by atoms with Gasteiger partial charge in [-0.3, -0.25) is 14.7 Å². The van der Waals surface area contributed by atoms with E-state index in [0.717, 1.165) is 11.6 Å². The lowest BCUT2D eigenvalue weighted by Crippen LogP contribution is -2.08. The van der Waals surface area contributed by atoms with Crippen molar-refractivity contribution in [2.45, 2.75) is 6.54 Å². The monoisotopic (exact) mass is 416 g/mol. The number of H-pyrrole nitrogens is 1. The van der Waals surface area contributed by atoms with Gasteiger partial charge in [0, 0.05) is 29.9 Å². The van der Waals surface area contributed by atoms with Crippen molar-refractivity contribution in [2.75, 3.05) is 0 Å². The fourth-order valence-electron chi connectivity index (χ4n) is 3.11. The second-order valence-corrected chi connectivity index (χ2v) is 6.79. The van der Waals surface area contributed by atoms with Gasteiger partial charge in [0.05, 0.1) is 5.69 Å². The average molecular weight is 416 g/mol. The molecule has 2 aromatic heterocycles. The highest BCUT2D eigenvalue weighted by Gasteiger charge is 2.19. The number of benzene rings is 2. The second-order valence-electron chi connectivity index (χ2n) is 6.79. The molecule has 0 fully saturated rings. The molecule has 7 nitrogen and oxygen atoms in total. The zero-order valence-corrected chi connectivity index (χ0v) is 16.2. The molecule has 31 heavy (non-hydrogen) atoms. The lowest BCUT2D eigenvalue weighted by Gasteiger charge is -2.07. The van der Waals surface area contributed by atoms with Gasteiger partial charge in [0.2, 0.25) is 5.78 Å². The first-order valence-corrected chi connectivity index (χ1v) is 9.36. The van der Waals surface area contributed by atoms with Gasteiger partial charge >= 0.3 is 0 Å². The van der Waals surface area contributed by atoms with E-state index in [1.165, 1.54) is 24.5 Å². The van der Waals surface area contributed by atoms with Crippen LogP contribution in [0.5, 0.6) is 0 Å². The van der Waals surface area contributed by atoms with E-state index < -0.39 is 5.78 Å². The molecule has 4 rings (SSSR count). The number of hydrogen-bond acceptors (Lipinski definition) is 5. The summed E-state index contributed by atoms with van der Waals surface area (Å²) >= 11 is 0. The average Bonchev–Trinajstić information content (AvgIpc) is 3.46. The molecular weight excluding hydrogens is 399 g/mol. The summed E-state index contributed by atoms with van der Waals surface area (Å²) in [6, 6.07) is 16.0. The van der Waals surface area contributed by atoms with Crippen LogP contribution in [0.1, 0.15) is 37.8 Å². The van der Waals surface area contributed by atoms with Crippen LogP contribution in [0.2, 0.25) is 0 Å². The van der Waals surface area contributed by atoms with E-state index in [1.807, 2.05) is 6.07 Å². The maximum atomic E-state index is 13.3. The van der Waals surface area contributed by atoms with Gasteiger partial charge in [-0.05, 0) is 23.8 Å². The molecular formula is C23H17FN4O3. The van der Waals surface area contributed by atoms with E-state index in [0.29, 0.717) is 11.1 Å². The van der Waals surface area contributed by atoms with Crippen LogP contribution in [0, 0.1) is 5.82 Å². The molecule has 2 aromatic carbocycles. The highest BCUT2D eigenvalue weighted by atomic mass is 19.1. The molecule has 154 valence electrons. The van der Waals surface area contributed by atoms with Crippen LogP contribution in [0.4, 0.5) is 4.39 Å². The lowest BCUT2D eigenvalue weighted by molar-refractivity contribution is 0.103. The third-order valence-corrected chi connectivity index (χ3v) is 4.64. The zero-order chi connectivity index (χ0) is 21.8. The minimum Gasteiger partial charge on any atom is -0.504 e. The van der Waals surface area contributed by atoms with Crippen LogP contribution in [-0.4, -0.2) is 36.4 Å². The first kappa shape index (κ1) is 20.0. The highest BCUT2D eigenvalue weighted by Crippen LogP contribution is 2.18. The number of nitrogens with zero attached hydrogens (tertiary/aromatic N) is 3. The summed E-state index contributed by atoms with van der Waals surface area (Å²) in [5.41, 5.74) is 1.74. The quantitative estimate of drug-likeness (QED) is 0.271. The van der Waals surface area contributed by atoms with Crippen LogP contribution in [-0.2, 0) is 6.54 Å². The van der Waals surface area contributed by atoms with Crippen molar-refractivity contribution >= 4 is 17.3 Å².